The Hall–Kier alpha value is -1.60. The number of ether oxygens (including phenoxy) is 1. The highest BCUT2D eigenvalue weighted by atomic mass is 19.1. The van der Waals surface area contributed by atoms with Crippen molar-refractivity contribution in [1.82, 2.24) is 0 Å². The average molecular weight is 194 g/mol. The Balaban J connectivity index is 2.98. The second-order valence-electron chi connectivity index (χ2n) is 2.92. The summed E-state index contributed by atoms with van der Waals surface area (Å²) in [6.07, 6.45) is 0. The van der Waals surface area contributed by atoms with Gasteiger partial charge in [0, 0.05) is 17.7 Å². The van der Waals surface area contributed by atoms with Crippen molar-refractivity contribution in [3.8, 4) is 11.8 Å². The maximum Gasteiger partial charge on any atom is 0.174 e. The summed E-state index contributed by atoms with van der Waals surface area (Å²) in [5.74, 6) is -0.0658. The molecule has 1 rings (SSSR count). The van der Waals surface area contributed by atoms with E-state index in [1.165, 1.54) is 12.1 Å². The molecule has 0 bridgehead atoms. The minimum Gasteiger partial charge on any atom is -0.478 e. The van der Waals surface area contributed by atoms with Gasteiger partial charge in [-0.2, -0.15) is 5.26 Å². The van der Waals surface area contributed by atoms with E-state index in [9.17, 15) is 4.39 Å². The van der Waals surface area contributed by atoms with Crippen molar-refractivity contribution in [2.75, 3.05) is 6.61 Å². The van der Waals surface area contributed by atoms with Gasteiger partial charge in [-0.3, -0.25) is 0 Å². The van der Waals surface area contributed by atoms with Gasteiger partial charge in [-0.05, 0) is 13.0 Å². The highest BCUT2D eigenvalue weighted by Crippen LogP contribution is 2.24. The smallest absolute Gasteiger partial charge is 0.174 e. The lowest BCUT2D eigenvalue weighted by Gasteiger charge is -2.11. The van der Waals surface area contributed by atoms with E-state index in [1.54, 1.807) is 13.0 Å². The third kappa shape index (κ3) is 2.44. The molecule has 0 fully saturated rings. The van der Waals surface area contributed by atoms with Gasteiger partial charge < -0.3 is 10.5 Å². The molecule has 1 atom stereocenters. The average Bonchev–Trinajstić information content (AvgIpc) is 2.14. The molecule has 0 saturated heterocycles. The van der Waals surface area contributed by atoms with Crippen molar-refractivity contribution in [3.63, 3.8) is 0 Å². The molecule has 0 amide bonds. The van der Waals surface area contributed by atoms with E-state index in [0.29, 0.717) is 11.3 Å². The van der Waals surface area contributed by atoms with Crippen LogP contribution in [0.25, 0.3) is 0 Å². The topological polar surface area (TPSA) is 59.0 Å². The second kappa shape index (κ2) is 4.58. The first-order chi connectivity index (χ1) is 6.65. The number of benzene rings is 1. The van der Waals surface area contributed by atoms with Crippen LogP contribution in [0.1, 0.15) is 18.5 Å². The summed E-state index contributed by atoms with van der Waals surface area (Å²) in [5.41, 5.74) is 6.35. The zero-order chi connectivity index (χ0) is 10.6. The number of nitriles is 1. The van der Waals surface area contributed by atoms with Crippen LogP contribution in [0.3, 0.4) is 0 Å². The summed E-state index contributed by atoms with van der Waals surface area (Å²) < 4.78 is 17.9. The molecule has 74 valence electrons. The third-order valence-electron chi connectivity index (χ3n) is 1.76. The van der Waals surface area contributed by atoms with Crippen molar-refractivity contribution in [2.45, 2.75) is 13.0 Å². The molecule has 0 aliphatic rings. The van der Waals surface area contributed by atoms with E-state index in [-0.39, 0.29) is 12.6 Å². The summed E-state index contributed by atoms with van der Waals surface area (Å²) in [6.45, 7) is 1.66. The zero-order valence-corrected chi connectivity index (χ0v) is 7.83. The summed E-state index contributed by atoms with van der Waals surface area (Å²) in [5, 5.41) is 8.33. The zero-order valence-electron chi connectivity index (χ0n) is 7.83. The lowest BCUT2D eigenvalue weighted by atomic mass is 10.1. The lowest BCUT2D eigenvalue weighted by Crippen LogP contribution is -2.08. The summed E-state index contributed by atoms with van der Waals surface area (Å²) in [4.78, 5) is 0. The standard InChI is InChI=1S/C10H11FN2O/c1-7(13)9-3-2-8(11)6-10(9)14-5-4-12/h2-3,6-7H,5,13H2,1H3. The van der Waals surface area contributed by atoms with E-state index < -0.39 is 5.82 Å². The first-order valence-corrected chi connectivity index (χ1v) is 4.20. The Labute approximate surface area is 81.9 Å². The van der Waals surface area contributed by atoms with Gasteiger partial charge in [0.05, 0.1) is 0 Å². The molecule has 0 spiro atoms. The maximum atomic E-state index is 12.8. The van der Waals surface area contributed by atoms with Crippen molar-refractivity contribution >= 4 is 0 Å². The second-order valence-corrected chi connectivity index (χ2v) is 2.92. The number of halogens is 1. The molecular weight excluding hydrogens is 183 g/mol. The number of nitrogens with two attached hydrogens (primary N) is 1. The number of hydrogen-bond donors (Lipinski definition) is 1. The van der Waals surface area contributed by atoms with Gasteiger partial charge in [0.2, 0.25) is 0 Å². The molecule has 4 heteroatoms. The van der Waals surface area contributed by atoms with E-state index in [4.69, 9.17) is 15.7 Å². The van der Waals surface area contributed by atoms with Gasteiger partial charge in [0.1, 0.15) is 17.6 Å². The van der Waals surface area contributed by atoms with Crippen molar-refractivity contribution in [2.24, 2.45) is 5.73 Å². The van der Waals surface area contributed by atoms with Crippen LogP contribution >= 0.6 is 0 Å². The first kappa shape index (κ1) is 10.5. The first-order valence-electron chi connectivity index (χ1n) is 4.20. The van der Waals surface area contributed by atoms with E-state index in [2.05, 4.69) is 0 Å². The normalized spacial score (nSPS) is 11.9. The molecule has 1 aromatic carbocycles. The van der Waals surface area contributed by atoms with Crippen LogP contribution in [-0.2, 0) is 0 Å². The van der Waals surface area contributed by atoms with Crippen LogP contribution in [-0.4, -0.2) is 6.61 Å². The predicted octanol–water partition coefficient (Wildman–Crippen LogP) is 1.75. The van der Waals surface area contributed by atoms with Crippen LogP contribution < -0.4 is 10.5 Å². The molecule has 0 radical (unpaired) electrons. The Bertz CT molecular complexity index is 358. The number of rotatable bonds is 3. The Kier molecular flexibility index (Phi) is 3.43. The predicted molar refractivity (Wildman–Crippen MR) is 50.1 cm³/mol. The molecular formula is C10H11FN2O. The van der Waals surface area contributed by atoms with Gasteiger partial charge >= 0.3 is 0 Å². The molecule has 0 aromatic heterocycles. The highest BCUT2D eigenvalue weighted by Gasteiger charge is 2.08. The van der Waals surface area contributed by atoms with Crippen LogP contribution in [0.15, 0.2) is 18.2 Å². The van der Waals surface area contributed by atoms with Gasteiger partial charge in [-0.15, -0.1) is 0 Å². The molecule has 0 aliphatic heterocycles. The van der Waals surface area contributed by atoms with Gasteiger partial charge in [0.25, 0.3) is 0 Å². The van der Waals surface area contributed by atoms with Gasteiger partial charge in [0.15, 0.2) is 6.61 Å². The Morgan fingerprint density at radius 2 is 2.36 bits per heavy atom. The quantitative estimate of drug-likeness (QED) is 0.797. The van der Waals surface area contributed by atoms with Crippen LogP contribution in [0, 0.1) is 17.1 Å². The van der Waals surface area contributed by atoms with E-state index >= 15 is 0 Å². The minimum absolute atomic E-state index is 0.108. The maximum absolute atomic E-state index is 12.8. The summed E-state index contributed by atoms with van der Waals surface area (Å²) >= 11 is 0. The van der Waals surface area contributed by atoms with Crippen molar-refractivity contribution in [3.05, 3.63) is 29.6 Å². The van der Waals surface area contributed by atoms with Gasteiger partial charge in [-0.25, -0.2) is 4.39 Å². The van der Waals surface area contributed by atoms with Crippen LogP contribution in [0.5, 0.6) is 5.75 Å². The fourth-order valence-electron chi connectivity index (χ4n) is 1.12. The molecule has 0 heterocycles. The number of hydrogen-bond acceptors (Lipinski definition) is 3. The Morgan fingerprint density at radius 3 is 2.93 bits per heavy atom. The molecule has 14 heavy (non-hydrogen) atoms. The number of nitrogens with zero attached hydrogens (tertiary/aromatic N) is 1. The van der Waals surface area contributed by atoms with Gasteiger partial charge in [-0.1, -0.05) is 6.07 Å². The molecule has 0 aliphatic carbocycles. The SMILES string of the molecule is CC(N)c1ccc(F)cc1OCC#N. The van der Waals surface area contributed by atoms with Crippen LogP contribution in [0.4, 0.5) is 4.39 Å². The molecule has 2 N–H and O–H groups in total. The van der Waals surface area contributed by atoms with Crippen molar-refractivity contribution in [1.29, 1.82) is 5.26 Å². The third-order valence-corrected chi connectivity index (χ3v) is 1.76. The lowest BCUT2D eigenvalue weighted by molar-refractivity contribution is 0.359. The monoisotopic (exact) mass is 194 g/mol. The largest absolute Gasteiger partial charge is 0.478 e. The fraction of sp³-hybridized carbons (Fsp3) is 0.300. The highest BCUT2D eigenvalue weighted by molar-refractivity contribution is 5.36. The van der Waals surface area contributed by atoms with Crippen molar-refractivity contribution < 1.29 is 9.13 Å². The minimum atomic E-state index is -0.401. The molecule has 0 saturated carbocycles. The Morgan fingerprint density at radius 1 is 1.64 bits per heavy atom. The molecule has 3 nitrogen and oxygen atoms in total. The van der Waals surface area contributed by atoms with E-state index in [1.807, 2.05) is 6.07 Å². The molecule has 1 aromatic rings. The molecule has 1 unspecified atom stereocenters. The summed E-state index contributed by atoms with van der Waals surface area (Å²) in [6, 6.07) is 5.68. The van der Waals surface area contributed by atoms with E-state index in [0.717, 1.165) is 0 Å². The van der Waals surface area contributed by atoms with Crippen LogP contribution in [0.2, 0.25) is 0 Å². The fourth-order valence-corrected chi connectivity index (χ4v) is 1.12. The summed E-state index contributed by atoms with van der Waals surface area (Å²) in [7, 11) is 0.